The van der Waals surface area contributed by atoms with E-state index < -0.39 is 0 Å². The van der Waals surface area contributed by atoms with Gasteiger partial charge in [0, 0.05) is 23.7 Å². The van der Waals surface area contributed by atoms with Crippen molar-refractivity contribution in [2.24, 2.45) is 5.92 Å². The average molecular weight is 428 g/mol. The molecule has 1 fully saturated rings. The van der Waals surface area contributed by atoms with Crippen LogP contribution in [-0.2, 0) is 11.3 Å². The predicted molar refractivity (Wildman–Crippen MR) is 115 cm³/mol. The molecule has 4 rings (SSSR count). The van der Waals surface area contributed by atoms with Gasteiger partial charge in [0.05, 0.1) is 5.75 Å². The molecule has 0 unspecified atom stereocenters. The van der Waals surface area contributed by atoms with Crippen molar-refractivity contribution < 1.29 is 9.21 Å². The summed E-state index contributed by atoms with van der Waals surface area (Å²) in [5.74, 6) is 1.42. The lowest BCUT2D eigenvalue weighted by Gasteiger charge is -2.32. The molecule has 0 spiro atoms. The first-order valence-corrected chi connectivity index (χ1v) is 11.1. The van der Waals surface area contributed by atoms with Crippen LogP contribution in [0.5, 0.6) is 0 Å². The number of carbonyl (C=O) groups is 1. The van der Waals surface area contributed by atoms with Gasteiger partial charge in [0.1, 0.15) is 0 Å². The molecular weight excluding hydrogens is 406 g/mol. The van der Waals surface area contributed by atoms with Crippen molar-refractivity contribution in [2.45, 2.75) is 31.0 Å². The van der Waals surface area contributed by atoms with Crippen LogP contribution in [0.1, 0.15) is 24.8 Å². The van der Waals surface area contributed by atoms with Crippen molar-refractivity contribution in [1.82, 2.24) is 15.1 Å². The summed E-state index contributed by atoms with van der Waals surface area (Å²) in [4.78, 5) is 14.9. The zero-order valence-corrected chi connectivity index (χ0v) is 17.5. The van der Waals surface area contributed by atoms with E-state index in [0.717, 1.165) is 17.7 Å². The highest BCUT2D eigenvalue weighted by Crippen LogP contribution is 2.29. The summed E-state index contributed by atoms with van der Waals surface area (Å²) in [5.41, 5.74) is 1.95. The van der Waals surface area contributed by atoms with E-state index in [0.29, 0.717) is 28.6 Å². The molecule has 1 aliphatic carbocycles. The molecule has 0 radical (unpaired) electrons. The van der Waals surface area contributed by atoms with Crippen LogP contribution in [0.15, 0.2) is 64.2 Å². The van der Waals surface area contributed by atoms with Gasteiger partial charge in [-0.25, -0.2) is 0 Å². The molecule has 1 saturated carbocycles. The molecule has 150 valence electrons. The zero-order valence-electron chi connectivity index (χ0n) is 16.0. The Bertz CT molecular complexity index is 942. The van der Waals surface area contributed by atoms with Crippen molar-refractivity contribution in [2.75, 3.05) is 12.3 Å². The highest BCUT2D eigenvalue weighted by molar-refractivity contribution is 7.99. The fourth-order valence-corrected chi connectivity index (χ4v) is 4.03. The fraction of sp³-hybridized carbons (Fsp3) is 0.318. The summed E-state index contributed by atoms with van der Waals surface area (Å²) in [7, 11) is 0. The summed E-state index contributed by atoms with van der Waals surface area (Å²) >= 11 is 7.20. The molecule has 0 N–H and O–H groups in total. The molecule has 0 saturated heterocycles. The number of benzene rings is 2. The van der Waals surface area contributed by atoms with Gasteiger partial charge in [0.25, 0.3) is 5.22 Å². The van der Waals surface area contributed by atoms with Crippen LogP contribution in [0.2, 0.25) is 5.02 Å². The fourth-order valence-electron chi connectivity index (χ4n) is 3.24. The first-order valence-electron chi connectivity index (χ1n) is 9.71. The SMILES string of the molecule is O=C(CSc1nnc(-c2ccc(Cl)cc2)o1)N(Cc1ccccc1)CC1CCC1. The van der Waals surface area contributed by atoms with Crippen LogP contribution in [0.3, 0.4) is 0 Å². The number of nitrogens with zero attached hydrogens (tertiary/aromatic N) is 3. The number of amides is 1. The van der Waals surface area contributed by atoms with Gasteiger partial charge >= 0.3 is 0 Å². The third-order valence-corrected chi connectivity index (χ3v) is 6.14. The van der Waals surface area contributed by atoms with Crippen molar-refractivity contribution in [1.29, 1.82) is 0 Å². The molecule has 1 heterocycles. The van der Waals surface area contributed by atoms with Crippen molar-refractivity contribution in [3.05, 3.63) is 65.2 Å². The molecule has 7 heteroatoms. The molecule has 0 bridgehead atoms. The van der Waals surface area contributed by atoms with E-state index in [-0.39, 0.29) is 11.7 Å². The second kappa shape index (κ2) is 9.46. The lowest BCUT2D eigenvalue weighted by atomic mass is 9.85. The number of hydrogen-bond acceptors (Lipinski definition) is 5. The van der Waals surface area contributed by atoms with E-state index in [4.69, 9.17) is 16.0 Å². The Morgan fingerprint density at radius 1 is 1.10 bits per heavy atom. The topological polar surface area (TPSA) is 59.2 Å². The molecule has 2 aromatic carbocycles. The third kappa shape index (κ3) is 5.40. The van der Waals surface area contributed by atoms with Crippen LogP contribution in [0, 0.1) is 5.92 Å². The van der Waals surface area contributed by atoms with Crippen LogP contribution in [-0.4, -0.2) is 33.3 Å². The van der Waals surface area contributed by atoms with Gasteiger partial charge in [-0.15, -0.1) is 10.2 Å². The quantitative estimate of drug-likeness (QED) is 0.456. The first-order chi connectivity index (χ1) is 14.2. The van der Waals surface area contributed by atoms with E-state index in [1.165, 1.54) is 31.0 Å². The standard InChI is InChI=1S/C22H22ClN3O2S/c23-19-11-9-18(10-12-19)21-24-25-22(28-21)29-15-20(27)26(14-17-7-4-8-17)13-16-5-2-1-3-6-16/h1-3,5-6,9-12,17H,4,7-8,13-15H2. The number of hydrogen-bond donors (Lipinski definition) is 0. The highest BCUT2D eigenvalue weighted by atomic mass is 35.5. The van der Waals surface area contributed by atoms with E-state index in [2.05, 4.69) is 22.3 Å². The van der Waals surface area contributed by atoms with Crippen LogP contribution < -0.4 is 0 Å². The van der Waals surface area contributed by atoms with E-state index in [1.54, 1.807) is 12.1 Å². The Morgan fingerprint density at radius 2 is 1.86 bits per heavy atom. The lowest BCUT2D eigenvalue weighted by molar-refractivity contribution is -0.130. The van der Waals surface area contributed by atoms with E-state index in [1.807, 2.05) is 35.2 Å². The lowest BCUT2D eigenvalue weighted by Crippen LogP contribution is -2.38. The van der Waals surface area contributed by atoms with Gasteiger partial charge in [-0.1, -0.05) is 60.1 Å². The Balaban J connectivity index is 1.37. The summed E-state index contributed by atoms with van der Waals surface area (Å²) in [6, 6.07) is 17.3. The molecule has 1 aliphatic rings. The summed E-state index contributed by atoms with van der Waals surface area (Å²) < 4.78 is 5.70. The summed E-state index contributed by atoms with van der Waals surface area (Å²) in [6.45, 7) is 1.45. The predicted octanol–water partition coefficient (Wildman–Crippen LogP) is 5.31. The Kier molecular flexibility index (Phi) is 6.52. The first kappa shape index (κ1) is 20.0. The maximum absolute atomic E-state index is 12.9. The van der Waals surface area contributed by atoms with E-state index in [9.17, 15) is 4.79 Å². The van der Waals surface area contributed by atoms with Gasteiger partial charge in [-0.2, -0.15) is 0 Å². The molecule has 0 aliphatic heterocycles. The molecular formula is C22H22ClN3O2S. The molecule has 0 atom stereocenters. The minimum absolute atomic E-state index is 0.0944. The zero-order chi connectivity index (χ0) is 20.1. The minimum atomic E-state index is 0.0944. The molecule has 1 amide bonds. The van der Waals surface area contributed by atoms with Crippen molar-refractivity contribution >= 4 is 29.3 Å². The molecule has 29 heavy (non-hydrogen) atoms. The van der Waals surface area contributed by atoms with Crippen molar-refractivity contribution in [3.63, 3.8) is 0 Å². The van der Waals surface area contributed by atoms with E-state index >= 15 is 0 Å². The maximum Gasteiger partial charge on any atom is 0.277 e. The maximum atomic E-state index is 12.9. The normalized spacial score (nSPS) is 13.8. The van der Waals surface area contributed by atoms with Crippen LogP contribution >= 0.6 is 23.4 Å². The minimum Gasteiger partial charge on any atom is -0.411 e. The largest absolute Gasteiger partial charge is 0.411 e. The number of carbonyl (C=O) groups excluding carboxylic acids is 1. The molecule has 5 nitrogen and oxygen atoms in total. The Hall–Kier alpha value is -2.31. The Morgan fingerprint density at radius 3 is 2.55 bits per heavy atom. The number of aromatic nitrogens is 2. The highest BCUT2D eigenvalue weighted by Gasteiger charge is 2.24. The smallest absolute Gasteiger partial charge is 0.277 e. The summed E-state index contributed by atoms with van der Waals surface area (Å²) in [5, 5.41) is 9.18. The van der Waals surface area contributed by atoms with Gasteiger partial charge in [-0.05, 0) is 48.6 Å². The third-order valence-electron chi connectivity index (χ3n) is 5.09. The van der Waals surface area contributed by atoms with Crippen LogP contribution in [0.4, 0.5) is 0 Å². The number of halogens is 1. The second-order valence-electron chi connectivity index (χ2n) is 7.23. The second-order valence-corrected chi connectivity index (χ2v) is 8.59. The monoisotopic (exact) mass is 427 g/mol. The summed E-state index contributed by atoms with van der Waals surface area (Å²) in [6.07, 6.45) is 3.68. The van der Waals surface area contributed by atoms with Crippen molar-refractivity contribution in [3.8, 4) is 11.5 Å². The van der Waals surface area contributed by atoms with Gasteiger partial charge < -0.3 is 9.32 Å². The van der Waals surface area contributed by atoms with Gasteiger partial charge in [0.15, 0.2) is 0 Å². The van der Waals surface area contributed by atoms with Crippen LogP contribution in [0.25, 0.3) is 11.5 Å². The molecule has 3 aromatic rings. The van der Waals surface area contributed by atoms with Gasteiger partial charge in [-0.3, -0.25) is 4.79 Å². The average Bonchev–Trinajstić information content (AvgIpc) is 3.18. The van der Waals surface area contributed by atoms with Gasteiger partial charge in [0.2, 0.25) is 11.8 Å². The number of rotatable bonds is 8. The number of thioether (sulfide) groups is 1. The molecule has 1 aromatic heterocycles. The Labute approximate surface area is 179 Å².